The first-order valence-electron chi connectivity index (χ1n) is 37.5. The molecule has 608 valence electrons. The highest BCUT2D eigenvalue weighted by Crippen LogP contribution is 2.46. The maximum absolute atomic E-state index is 14.1. The van der Waals surface area contributed by atoms with Crippen molar-refractivity contribution < 1.29 is 71.8 Å². The first kappa shape index (κ1) is 85.6. The summed E-state index contributed by atoms with van der Waals surface area (Å²) in [5.41, 5.74) is 2.22. The molecule has 15 aromatic rings. The molecule has 0 amide bonds. The first-order valence-corrected chi connectivity index (χ1v) is 39.2. The molecular formula is C92H77Cl4N9O15. The number of aromatic amines is 1. The number of carbonyl (C=O) groups is 6. The minimum atomic E-state index is -1.21. The van der Waals surface area contributed by atoms with Gasteiger partial charge in [-0.1, -0.05) is 337 Å². The van der Waals surface area contributed by atoms with Crippen molar-refractivity contribution in [3.05, 3.63) is 357 Å². The van der Waals surface area contributed by atoms with E-state index >= 15 is 0 Å². The predicted octanol–water partition coefficient (Wildman–Crippen LogP) is 20.5. The molecule has 0 unspecified atom stereocenters. The second-order valence-electron chi connectivity index (χ2n) is 27.6. The second-order valence-corrected chi connectivity index (χ2v) is 29.1. The van der Waals surface area contributed by atoms with Crippen molar-refractivity contribution in [1.82, 2.24) is 45.4 Å². The average molecular weight is 1690 g/mol. The van der Waals surface area contributed by atoms with Crippen molar-refractivity contribution >= 4 is 115 Å². The molecule has 15 rings (SSSR count). The number of halogens is 4. The van der Waals surface area contributed by atoms with Crippen LogP contribution in [0.1, 0.15) is 106 Å². The smallest absolute Gasteiger partial charge is 0.365 e. The predicted molar refractivity (Wildman–Crippen MR) is 454 cm³/mol. The van der Waals surface area contributed by atoms with Crippen LogP contribution in [-0.2, 0) is 49.1 Å². The lowest BCUT2D eigenvalue weighted by Crippen LogP contribution is -2.40. The quantitative estimate of drug-likeness (QED) is 0.0177. The van der Waals surface area contributed by atoms with E-state index in [1.165, 1.54) is 9.36 Å². The molecule has 0 fully saturated rings. The Morgan fingerprint density at radius 3 is 0.967 bits per heavy atom. The lowest BCUT2D eigenvalue weighted by Gasteiger charge is -2.36. The molecule has 0 aliphatic rings. The summed E-state index contributed by atoms with van der Waals surface area (Å²) in [4.78, 5) is 73.0. The Balaban J connectivity index is 0.000000162. The Morgan fingerprint density at radius 2 is 0.650 bits per heavy atom. The average Bonchev–Trinajstić information content (AvgIpc) is 1.41. The number of carboxylic acids is 1. The van der Waals surface area contributed by atoms with Crippen molar-refractivity contribution in [2.45, 2.75) is 52.6 Å². The number of nitrogens with one attached hydrogen (secondary N) is 1. The highest BCUT2D eigenvalue weighted by Gasteiger charge is 2.46. The normalized spacial score (nSPS) is 11.1. The third kappa shape index (κ3) is 20.1. The SMILES string of the molecule is CC(C)C(=O)OCCl.CC(C)C(=O)OCOC(=O)c1[nH]nnc1Oc1ccc2cc(Cl)ccc2c1.CC(C)C(=O)OCOC(=O)c1c(Oc2ccc3cc(Cl)ccc3c2)nnn1C(c1ccccc1)(c1ccccc1)c1ccccc1.O=C(O)c1c(Oc2ccc3cc(Cl)ccc3c2)nnn1C(c1ccccc1)(c1ccccc1)c1ccccc1. The van der Waals surface area contributed by atoms with Crippen LogP contribution < -0.4 is 14.2 Å². The summed E-state index contributed by atoms with van der Waals surface area (Å²) in [6.07, 6.45) is 0. The van der Waals surface area contributed by atoms with Gasteiger partial charge in [-0.05, 0) is 138 Å². The Morgan fingerprint density at radius 1 is 0.358 bits per heavy atom. The molecule has 3 aromatic heterocycles. The van der Waals surface area contributed by atoms with Gasteiger partial charge in [-0.25, -0.2) is 28.8 Å². The van der Waals surface area contributed by atoms with Crippen LogP contribution in [0, 0.1) is 17.8 Å². The number of rotatable bonds is 25. The highest BCUT2D eigenvalue weighted by atomic mass is 35.5. The van der Waals surface area contributed by atoms with E-state index in [-0.39, 0.29) is 58.6 Å². The van der Waals surface area contributed by atoms with E-state index in [9.17, 15) is 33.9 Å². The van der Waals surface area contributed by atoms with Gasteiger partial charge in [-0.3, -0.25) is 14.4 Å². The highest BCUT2D eigenvalue weighted by molar-refractivity contribution is 6.32. The number of hydrogen-bond acceptors (Lipinski definition) is 20. The van der Waals surface area contributed by atoms with Gasteiger partial charge in [0.15, 0.2) is 6.07 Å². The monoisotopic (exact) mass is 1690 g/mol. The lowest BCUT2D eigenvalue weighted by atomic mass is 9.77. The van der Waals surface area contributed by atoms with Gasteiger partial charge < -0.3 is 43.0 Å². The fourth-order valence-corrected chi connectivity index (χ4v) is 13.5. The fourth-order valence-electron chi connectivity index (χ4n) is 12.8. The number of aromatic nitrogens is 9. The third-order valence-electron chi connectivity index (χ3n) is 18.5. The van der Waals surface area contributed by atoms with Crippen molar-refractivity contribution in [1.29, 1.82) is 0 Å². The van der Waals surface area contributed by atoms with E-state index in [0.717, 1.165) is 65.7 Å². The number of carbonyl (C=O) groups excluding carboxylic acids is 5. The third-order valence-corrected chi connectivity index (χ3v) is 19.4. The van der Waals surface area contributed by atoms with Crippen molar-refractivity contribution in [3.63, 3.8) is 0 Å². The Bertz CT molecular complexity index is 5870. The Kier molecular flexibility index (Phi) is 28.5. The maximum Gasteiger partial charge on any atom is 0.365 e. The van der Waals surface area contributed by atoms with Crippen LogP contribution in [0.2, 0.25) is 15.1 Å². The number of H-pyrrole nitrogens is 1. The number of alkyl halides is 1. The van der Waals surface area contributed by atoms with Gasteiger partial charge in [0.25, 0.3) is 17.6 Å². The summed E-state index contributed by atoms with van der Waals surface area (Å²) in [7, 11) is 0. The molecule has 28 heteroatoms. The number of carboxylic acid groups (broad SMARTS) is 1. The maximum atomic E-state index is 14.1. The van der Waals surface area contributed by atoms with Crippen molar-refractivity contribution in [2.75, 3.05) is 19.7 Å². The van der Waals surface area contributed by atoms with Gasteiger partial charge in [-0.2, -0.15) is 0 Å². The van der Waals surface area contributed by atoms with Crippen LogP contribution in [-0.4, -0.2) is 106 Å². The standard InChI is InChI=1S/C37H30ClN3O5.C32H22ClN3O3.C18H16ClN3O5.C5H9ClO2/c1-25(2)35(42)44-24-45-36(43)33-34(46-32-21-19-26-22-31(38)20-18-27(26)23-32)39-40-41(33)37(28-12-6-3-7-13-28,29-14-8-4-9-15-29)30-16-10-5-11-17-30;33-27-18-16-23-21-28(19-17-22(23)20-27)39-30-29(31(37)38)36(35-34-30)32(24-10-4-1-5-11-24,25-12-6-2-7-13-25)26-14-8-3-9-15-26;1-10(2)17(23)25-9-26-18(24)15-16(21-22-20-15)27-14-6-4-11-7-13(19)5-3-12(11)8-14;1-4(2)5(7)8-3-6/h3-23,25H,24H2,1-2H3;1-21H,(H,37,38);3-8,10H,9H2,1-2H3,(H,20,21,22);4H,3H2,1-2H3. The first-order chi connectivity index (χ1) is 58.1. The molecule has 0 saturated carbocycles. The van der Waals surface area contributed by atoms with Crippen LogP contribution in [0.25, 0.3) is 32.3 Å². The molecule has 12 aromatic carbocycles. The molecule has 0 radical (unpaired) electrons. The second kappa shape index (κ2) is 39.9. The topological polar surface area (TPSA) is 299 Å². The molecular weight excluding hydrogens is 1610 g/mol. The zero-order chi connectivity index (χ0) is 84.9. The number of ether oxygens (including phenoxy) is 8. The molecule has 0 atom stereocenters. The Labute approximate surface area is 708 Å². The van der Waals surface area contributed by atoms with Gasteiger partial charge >= 0.3 is 35.8 Å². The van der Waals surface area contributed by atoms with Gasteiger partial charge in [0.05, 0.1) is 17.8 Å². The number of nitrogens with zero attached hydrogens (tertiary/aromatic N) is 8. The summed E-state index contributed by atoms with van der Waals surface area (Å²) in [6, 6.07) is 90.9. The molecule has 0 aliphatic carbocycles. The molecule has 0 spiro atoms. The summed E-state index contributed by atoms with van der Waals surface area (Å²) in [6.45, 7) is 9.15. The summed E-state index contributed by atoms with van der Waals surface area (Å²) in [5.74, 6) is -3.80. The summed E-state index contributed by atoms with van der Waals surface area (Å²) >= 11 is 23.4. The van der Waals surface area contributed by atoms with E-state index in [2.05, 4.69) is 40.8 Å². The van der Waals surface area contributed by atoms with Crippen molar-refractivity contribution in [2.24, 2.45) is 17.8 Å². The zero-order valence-electron chi connectivity index (χ0n) is 65.3. The minimum Gasteiger partial charge on any atom is -0.476 e. The van der Waals surface area contributed by atoms with E-state index < -0.39 is 60.4 Å². The van der Waals surface area contributed by atoms with E-state index in [0.29, 0.717) is 32.3 Å². The fraction of sp³-hybridized carbons (Fsp3) is 0.152. The molecule has 3 heterocycles. The van der Waals surface area contributed by atoms with Crippen LogP contribution in [0.5, 0.6) is 34.9 Å². The number of hydrogen-bond donors (Lipinski definition) is 2. The van der Waals surface area contributed by atoms with Gasteiger partial charge in [0, 0.05) is 15.1 Å². The molecule has 0 saturated heterocycles. The van der Waals surface area contributed by atoms with Gasteiger partial charge in [0.1, 0.15) is 28.3 Å². The molecule has 2 N–H and O–H groups in total. The summed E-state index contributed by atoms with van der Waals surface area (Å²) in [5, 5.41) is 45.3. The molecule has 0 aliphatic heterocycles. The number of esters is 5. The van der Waals surface area contributed by atoms with Gasteiger partial charge in [-0.15, -0.1) is 0 Å². The van der Waals surface area contributed by atoms with E-state index in [1.807, 2.05) is 249 Å². The van der Waals surface area contributed by atoms with Crippen LogP contribution >= 0.6 is 46.4 Å². The lowest BCUT2D eigenvalue weighted by molar-refractivity contribution is -0.157. The van der Waals surface area contributed by atoms with Crippen molar-refractivity contribution in [3.8, 4) is 34.9 Å². The van der Waals surface area contributed by atoms with Crippen LogP contribution in [0.3, 0.4) is 0 Å². The van der Waals surface area contributed by atoms with Gasteiger partial charge in [0.2, 0.25) is 30.7 Å². The van der Waals surface area contributed by atoms with Crippen LogP contribution in [0.15, 0.2) is 291 Å². The largest absolute Gasteiger partial charge is 0.476 e. The number of aromatic carboxylic acids is 1. The molecule has 24 nitrogen and oxygen atoms in total. The minimum absolute atomic E-state index is 0.0446. The number of fused-ring (bicyclic) bond motifs is 3. The number of benzene rings is 12. The molecule has 0 bridgehead atoms. The zero-order valence-corrected chi connectivity index (χ0v) is 68.3. The summed E-state index contributed by atoms with van der Waals surface area (Å²) < 4.78 is 45.8. The van der Waals surface area contributed by atoms with E-state index in [4.69, 9.17) is 79.6 Å². The van der Waals surface area contributed by atoms with Crippen LogP contribution in [0.4, 0.5) is 0 Å². The Hall–Kier alpha value is -13.8. The molecule has 120 heavy (non-hydrogen) atoms. The van der Waals surface area contributed by atoms with E-state index in [1.54, 1.807) is 84.0 Å².